The fraction of sp³-hybridized carbons (Fsp3) is 0.143. The number of fused-ring (bicyclic) bond motifs is 3. The number of rotatable bonds is 4. The largest absolute Gasteiger partial charge is 0.485 e. The van der Waals surface area contributed by atoms with Gasteiger partial charge in [-0.15, -0.1) is 10.2 Å². The van der Waals surface area contributed by atoms with E-state index in [0.29, 0.717) is 18.1 Å². The molecule has 7 heteroatoms. The zero-order valence-electron chi connectivity index (χ0n) is 15.6. The third kappa shape index (κ3) is 2.68. The van der Waals surface area contributed by atoms with Gasteiger partial charge in [0.1, 0.15) is 18.7 Å². The highest BCUT2D eigenvalue weighted by molar-refractivity contribution is 5.89. The molecule has 0 N–H and O–H groups in total. The molecule has 0 unspecified atom stereocenters. The van der Waals surface area contributed by atoms with Crippen LogP contribution in [0.5, 0.6) is 5.75 Å². The number of hydrogen-bond donors (Lipinski definition) is 0. The lowest BCUT2D eigenvalue weighted by Crippen LogP contribution is -2.03. The van der Waals surface area contributed by atoms with E-state index in [1.54, 1.807) is 12.5 Å². The van der Waals surface area contributed by atoms with Crippen molar-refractivity contribution in [1.29, 1.82) is 0 Å². The summed E-state index contributed by atoms with van der Waals surface area (Å²) in [6.45, 7) is 4.39. The number of nitrogens with zero attached hydrogens (tertiary/aromatic N) is 6. The second kappa shape index (κ2) is 6.45. The molecule has 7 nitrogen and oxygen atoms in total. The quantitative estimate of drug-likeness (QED) is 0.483. The Morgan fingerprint density at radius 3 is 2.57 bits per heavy atom. The molecule has 0 saturated carbocycles. The summed E-state index contributed by atoms with van der Waals surface area (Å²) >= 11 is 0. The van der Waals surface area contributed by atoms with Gasteiger partial charge in [-0.05, 0) is 37.6 Å². The minimum atomic E-state index is 0.311. The first kappa shape index (κ1) is 16.4. The van der Waals surface area contributed by atoms with Crippen molar-refractivity contribution in [3.8, 4) is 11.4 Å². The van der Waals surface area contributed by atoms with Gasteiger partial charge < -0.3 is 4.74 Å². The number of aryl methyl sites for hydroxylation is 2. The van der Waals surface area contributed by atoms with E-state index in [1.807, 2.05) is 52.4 Å². The number of benzene rings is 2. The van der Waals surface area contributed by atoms with E-state index in [9.17, 15) is 0 Å². The molecule has 0 aliphatic carbocycles. The van der Waals surface area contributed by atoms with Crippen molar-refractivity contribution in [2.75, 3.05) is 0 Å². The summed E-state index contributed by atoms with van der Waals surface area (Å²) in [4.78, 5) is 4.60. The van der Waals surface area contributed by atoms with Gasteiger partial charge in [-0.2, -0.15) is 5.10 Å². The van der Waals surface area contributed by atoms with Crippen LogP contribution in [0.25, 0.3) is 22.4 Å². The molecule has 0 spiro atoms. The summed E-state index contributed by atoms with van der Waals surface area (Å²) in [6.07, 6.45) is 3.50. The first-order valence-electron chi connectivity index (χ1n) is 9.02. The Kier molecular flexibility index (Phi) is 3.79. The number of ether oxygens (including phenoxy) is 1. The SMILES string of the molecule is Cc1ccc(-n2ncc3c2ncn2c(COc4ccccc4C)nnc32)cc1. The lowest BCUT2D eigenvalue weighted by atomic mass is 10.2. The molecule has 0 radical (unpaired) electrons. The molecule has 0 fully saturated rings. The van der Waals surface area contributed by atoms with Gasteiger partial charge in [-0.25, -0.2) is 9.67 Å². The third-order valence-corrected chi connectivity index (χ3v) is 4.78. The average Bonchev–Trinajstić information content (AvgIpc) is 3.32. The molecular formula is C21H18N6O. The van der Waals surface area contributed by atoms with Crippen molar-refractivity contribution in [2.45, 2.75) is 20.5 Å². The van der Waals surface area contributed by atoms with E-state index in [0.717, 1.165) is 28.0 Å². The lowest BCUT2D eigenvalue weighted by molar-refractivity contribution is 0.292. The van der Waals surface area contributed by atoms with E-state index < -0.39 is 0 Å². The van der Waals surface area contributed by atoms with Crippen LogP contribution in [0.2, 0.25) is 0 Å². The van der Waals surface area contributed by atoms with Gasteiger partial charge in [-0.3, -0.25) is 4.40 Å². The van der Waals surface area contributed by atoms with E-state index in [-0.39, 0.29) is 0 Å². The molecule has 5 aromatic rings. The maximum absolute atomic E-state index is 5.92. The van der Waals surface area contributed by atoms with Gasteiger partial charge in [0.15, 0.2) is 17.1 Å². The minimum Gasteiger partial charge on any atom is -0.485 e. The molecular weight excluding hydrogens is 352 g/mol. The van der Waals surface area contributed by atoms with Crippen LogP contribution in [0.3, 0.4) is 0 Å². The Hall–Kier alpha value is -3.74. The lowest BCUT2D eigenvalue weighted by Gasteiger charge is -2.07. The highest BCUT2D eigenvalue weighted by Crippen LogP contribution is 2.22. The van der Waals surface area contributed by atoms with Gasteiger partial charge in [0, 0.05) is 0 Å². The molecule has 138 valence electrons. The summed E-state index contributed by atoms with van der Waals surface area (Å²) < 4.78 is 9.58. The Bertz CT molecular complexity index is 1290. The Balaban J connectivity index is 1.52. The highest BCUT2D eigenvalue weighted by Gasteiger charge is 2.15. The normalized spacial score (nSPS) is 11.4. The summed E-state index contributed by atoms with van der Waals surface area (Å²) in [5, 5.41) is 14.0. The fourth-order valence-corrected chi connectivity index (χ4v) is 3.20. The highest BCUT2D eigenvalue weighted by atomic mass is 16.5. The zero-order chi connectivity index (χ0) is 19.1. The van der Waals surface area contributed by atoms with Crippen LogP contribution in [-0.4, -0.2) is 29.4 Å². The second-order valence-corrected chi connectivity index (χ2v) is 6.74. The third-order valence-electron chi connectivity index (χ3n) is 4.78. The Morgan fingerprint density at radius 1 is 0.929 bits per heavy atom. The van der Waals surface area contributed by atoms with Crippen molar-refractivity contribution in [3.63, 3.8) is 0 Å². The first-order valence-corrected chi connectivity index (χ1v) is 9.02. The van der Waals surface area contributed by atoms with Crippen LogP contribution in [-0.2, 0) is 6.61 Å². The maximum Gasteiger partial charge on any atom is 0.176 e. The smallest absolute Gasteiger partial charge is 0.176 e. The summed E-state index contributed by atoms with van der Waals surface area (Å²) in [5.41, 5.74) is 4.70. The first-order chi connectivity index (χ1) is 13.7. The molecule has 0 aliphatic rings. The molecule has 0 bridgehead atoms. The van der Waals surface area contributed by atoms with E-state index in [1.165, 1.54) is 5.56 Å². The van der Waals surface area contributed by atoms with Crippen molar-refractivity contribution in [2.24, 2.45) is 0 Å². The molecule has 3 aromatic heterocycles. The Labute approximate surface area is 161 Å². The fourth-order valence-electron chi connectivity index (χ4n) is 3.20. The van der Waals surface area contributed by atoms with E-state index >= 15 is 0 Å². The van der Waals surface area contributed by atoms with Gasteiger partial charge in [0.05, 0.1) is 17.3 Å². The molecule has 2 aromatic carbocycles. The van der Waals surface area contributed by atoms with Crippen LogP contribution in [0, 0.1) is 13.8 Å². The van der Waals surface area contributed by atoms with Crippen LogP contribution >= 0.6 is 0 Å². The predicted molar refractivity (Wildman–Crippen MR) is 106 cm³/mol. The second-order valence-electron chi connectivity index (χ2n) is 6.74. The average molecular weight is 370 g/mol. The van der Waals surface area contributed by atoms with Crippen molar-refractivity contribution >= 4 is 16.7 Å². The molecule has 5 rings (SSSR count). The van der Waals surface area contributed by atoms with Crippen molar-refractivity contribution in [3.05, 3.63) is 78.0 Å². The van der Waals surface area contributed by atoms with Crippen LogP contribution in [0.4, 0.5) is 0 Å². The molecule has 3 heterocycles. The van der Waals surface area contributed by atoms with Crippen LogP contribution in [0.1, 0.15) is 17.0 Å². The predicted octanol–water partition coefficient (Wildman–Crippen LogP) is 3.66. The van der Waals surface area contributed by atoms with Gasteiger partial charge in [0.2, 0.25) is 0 Å². The summed E-state index contributed by atoms with van der Waals surface area (Å²) in [7, 11) is 0. The van der Waals surface area contributed by atoms with Gasteiger partial charge in [-0.1, -0.05) is 35.9 Å². The van der Waals surface area contributed by atoms with Gasteiger partial charge >= 0.3 is 0 Å². The Morgan fingerprint density at radius 2 is 1.75 bits per heavy atom. The minimum absolute atomic E-state index is 0.311. The summed E-state index contributed by atoms with van der Waals surface area (Å²) in [6, 6.07) is 16.1. The molecule has 0 aliphatic heterocycles. The topological polar surface area (TPSA) is 70.1 Å². The zero-order valence-corrected chi connectivity index (χ0v) is 15.6. The molecule has 0 atom stereocenters. The van der Waals surface area contributed by atoms with Crippen molar-refractivity contribution < 1.29 is 4.74 Å². The molecule has 0 amide bonds. The molecule has 28 heavy (non-hydrogen) atoms. The monoisotopic (exact) mass is 370 g/mol. The number of para-hydroxylation sites is 1. The number of hydrogen-bond acceptors (Lipinski definition) is 5. The van der Waals surface area contributed by atoms with E-state index in [4.69, 9.17) is 4.74 Å². The standard InChI is InChI=1S/C21H18N6O/c1-14-7-9-16(10-8-14)27-20-17(11-23-27)21-25-24-19(26(21)13-22-20)12-28-18-6-4-3-5-15(18)2/h3-11,13H,12H2,1-2H3. The summed E-state index contributed by atoms with van der Waals surface area (Å²) in [5.74, 6) is 1.52. The van der Waals surface area contributed by atoms with Gasteiger partial charge in [0.25, 0.3) is 0 Å². The van der Waals surface area contributed by atoms with Crippen LogP contribution in [0.15, 0.2) is 61.1 Å². The van der Waals surface area contributed by atoms with Crippen LogP contribution < -0.4 is 4.74 Å². The van der Waals surface area contributed by atoms with Crippen molar-refractivity contribution in [1.82, 2.24) is 29.4 Å². The van der Waals surface area contributed by atoms with E-state index in [2.05, 4.69) is 39.3 Å². The maximum atomic E-state index is 5.92. The number of aromatic nitrogens is 6. The molecule has 0 saturated heterocycles.